The van der Waals surface area contributed by atoms with E-state index in [1.807, 2.05) is 0 Å². The van der Waals surface area contributed by atoms with Crippen LogP contribution in [0.25, 0.3) is 5.53 Å². The third-order valence-corrected chi connectivity index (χ3v) is 1.89. The number of benzene rings is 1. The van der Waals surface area contributed by atoms with Gasteiger partial charge in [0.15, 0.2) is 0 Å². The average molecular weight is 187 g/mol. The van der Waals surface area contributed by atoms with Crippen LogP contribution in [0, 0.1) is 0 Å². The van der Waals surface area contributed by atoms with Crippen LogP contribution in [0.3, 0.4) is 0 Å². The first-order valence-corrected chi connectivity index (χ1v) is 3.62. The van der Waals surface area contributed by atoms with Gasteiger partial charge in [-0.05, 0) is 18.2 Å². The van der Waals surface area contributed by atoms with Crippen molar-refractivity contribution in [1.82, 2.24) is 0 Å². The maximum Gasteiger partial charge on any atom is 0.287 e. The molecule has 0 N–H and O–H groups in total. The van der Waals surface area contributed by atoms with E-state index in [1.165, 1.54) is 6.21 Å². The fourth-order valence-corrected chi connectivity index (χ4v) is 0.966. The molecule has 0 unspecified atom stereocenters. The first-order chi connectivity index (χ1) is 5.24. The van der Waals surface area contributed by atoms with E-state index in [4.69, 9.17) is 28.7 Å². The van der Waals surface area contributed by atoms with Gasteiger partial charge in [0.25, 0.3) is 6.21 Å². The van der Waals surface area contributed by atoms with Gasteiger partial charge < -0.3 is 5.53 Å². The van der Waals surface area contributed by atoms with E-state index in [0.717, 1.165) is 0 Å². The summed E-state index contributed by atoms with van der Waals surface area (Å²) in [6.45, 7) is 0. The first kappa shape index (κ1) is 8.28. The Labute approximate surface area is 74.0 Å². The number of nitrogens with zero attached hydrogens (tertiary/aromatic N) is 2. The number of hydrogen-bond donors (Lipinski definition) is 0. The van der Waals surface area contributed by atoms with Crippen LogP contribution in [0.4, 0.5) is 0 Å². The second-order valence-electron chi connectivity index (χ2n) is 1.92. The van der Waals surface area contributed by atoms with Gasteiger partial charge in [-0.1, -0.05) is 23.2 Å². The smallest absolute Gasteiger partial charge is 0.287 e. The van der Waals surface area contributed by atoms with Crippen LogP contribution in [-0.4, -0.2) is 11.0 Å². The Morgan fingerprint density at radius 3 is 2.55 bits per heavy atom. The Bertz CT molecular complexity index is 316. The lowest BCUT2D eigenvalue weighted by atomic mass is 10.2. The van der Waals surface area contributed by atoms with Crippen LogP contribution in [0.1, 0.15) is 5.56 Å². The zero-order chi connectivity index (χ0) is 8.27. The molecule has 0 radical (unpaired) electrons. The van der Waals surface area contributed by atoms with Crippen molar-refractivity contribution in [2.24, 2.45) is 0 Å². The maximum absolute atomic E-state index is 8.17. The Morgan fingerprint density at radius 2 is 2.00 bits per heavy atom. The largest absolute Gasteiger partial charge is 0.361 e. The molecule has 1 rings (SSSR count). The van der Waals surface area contributed by atoms with Gasteiger partial charge in [0.05, 0.1) is 15.6 Å². The van der Waals surface area contributed by atoms with Gasteiger partial charge in [-0.15, -0.1) is 0 Å². The van der Waals surface area contributed by atoms with Gasteiger partial charge in [-0.2, -0.15) is 4.79 Å². The van der Waals surface area contributed by atoms with Crippen molar-refractivity contribution in [2.45, 2.75) is 0 Å². The van der Waals surface area contributed by atoms with E-state index in [0.29, 0.717) is 15.6 Å². The highest BCUT2D eigenvalue weighted by molar-refractivity contribution is 6.42. The molecule has 0 bridgehead atoms. The van der Waals surface area contributed by atoms with Crippen LogP contribution >= 0.6 is 23.2 Å². The maximum atomic E-state index is 8.17. The molecule has 0 heterocycles. The molecule has 0 fully saturated rings. The van der Waals surface area contributed by atoms with Gasteiger partial charge in [0.1, 0.15) is 0 Å². The fourth-order valence-electron chi connectivity index (χ4n) is 0.659. The SMILES string of the molecule is [N-]=[N+]=Cc1ccc(Cl)c(Cl)c1. The average Bonchev–Trinajstić information content (AvgIpc) is 1.98. The third kappa shape index (κ3) is 2.05. The summed E-state index contributed by atoms with van der Waals surface area (Å²) in [5.74, 6) is 0. The molecule has 11 heavy (non-hydrogen) atoms. The summed E-state index contributed by atoms with van der Waals surface area (Å²) in [6.07, 6.45) is 1.28. The van der Waals surface area contributed by atoms with Crippen molar-refractivity contribution < 1.29 is 4.79 Å². The predicted molar refractivity (Wildman–Crippen MR) is 45.2 cm³/mol. The van der Waals surface area contributed by atoms with E-state index >= 15 is 0 Å². The van der Waals surface area contributed by atoms with Gasteiger partial charge in [0, 0.05) is 0 Å². The highest BCUT2D eigenvalue weighted by atomic mass is 35.5. The summed E-state index contributed by atoms with van der Waals surface area (Å²) in [4.78, 5) is 2.85. The standard InChI is InChI=1S/C7H4Cl2N2/c8-6-2-1-5(4-11-10)3-7(6)9/h1-4H. The zero-order valence-electron chi connectivity index (χ0n) is 5.46. The van der Waals surface area contributed by atoms with Gasteiger partial charge in [-0.3, -0.25) is 0 Å². The van der Waals surface area contributed by atoms with E-state index in [1.54, 1.807) is 18.2 Å². The second kappa shape index (κ2) is 3.54. The van der Waals surface area contributed by atoms with Gasteiger partial charge in [0.2, 0.25) is 0 Å². The van der Waals surface area contributed by atoms with Crippen molar-refractivity contribution >= 4 is 29.4 Å². The lowest BCUT2D eigenvalue weighted by Gasteiger charge is -1.92. The molecule has 4 heteroatoms. The predicted octanol–water partition coefficient (Wildman–Crippen LogP) is 2.64. The summed E-state index contributed by atoms with van der Waals surface area (Å²) in [5, 5.41) is 0.936. The van der Waals surface area contributed by atoms with E-state index in [-0.39, 0.29) is 0 Å². The quantitative estimate of drug-likeness (QED) is 0.368. The molecule has 0 spiro atoms. The molecule has 0 aliphatic rings. The van der Waals surface area contributed by atoms with Crippen LogP contribution in [-0.2, 0) is 0 Å². The molecule has 0 aromatic heterocycles. The number of hydrogen-bond acceptors (Lipinski definition) is 0. The van der Waals surface area contributed by atoms with Crippen LogP contribution in [0.5, 0.6) is 0 Å². The summed E-state index contributed by atoms with van der Waals surface area (Å²) < 4.78 is 0. The number of rotatable bonds is 1. The highest BCUT2D eigenvalue weighted by Gasteiger charge is 1.98. The molecular formula is C7H4Cl2N2. The molecule has 1 aromatic carbocycles. The molecule has 2 nitrogen and oxygen atoms in total. The zero-order valence-corrected chi connectivity index (χ0v) is 6.97. The third-order valence-electron chi connectivity index (χ3n) is 1.15. The lowest BCUT2D eigenvalue weighted by Crippen LogP contribution is -1.80. The fraction of sp³-hybridized carbons (Fsp3) is 0. The molecule has 56 valence electrons. The summed E-state index contributed by atoms with van der Waals surface area (Å²) in [6, 6.07) is 4.96. The lowest BCUT2D eigenvalue weighted by molar-refractivity contribution is 0.00456. The van der Waals surface area contributed by atoms with Crippen molar-refractivity contribution in [3.8, 4) is 0 Å². The minimum Gasteiger partial charge on any atom is -0.361 e. The summed E-state index contributed by atoms with van der Waals surface area (Å²) in [5.41, 5.74) is 8.88. The Balaban J connectivity index is 3.14. The van der Waals surface area contributed by atoms with Crippen LogP contribution < -0.4 is 0 Å². The van der Waals surface area contributed by atoms with Gasteiger partial charge >= 0.3 is 0 Å². The minimum absolute atomic E-state index is 0.448. The van der Waals surface area contributed by atoms with Gasteiger partial charge in [-0.25, -0.2) is 0 Å². The Morgan fingerprint density at radius 1 is 1.27 bits per heavy atom. The molecule has 0 aliphatic carbocycles. The molecular weight excluding hydrogens is 183 g/mol. The molecule has 0 atom stereocenters. The van der Waals surface area contributed by atoms with E-state index in [9.17, 15) is 0 Å². The molecule has 1 aromatic rings. The van der Waals surface area contributed by atoms with E-state index in [2.05, 4.69) is 4.79 Å². The minimum atomic E-state index is 0.448. The van der Waals surface area contributed by atoms with Crippen molar-refractivity contribution in [3.05, 3.63) is 39.3 Å². The van der Waals surface area contributed by atoms with Crippen LogP contribution in [0.15, 0.2) is 18.2 Å². The number of halogens is 2. The topological polar surface area (TPSA) is 36.4 Å². The van der Waals surface area contributed by atoms with Crippen molar-refractivity contribution in [3.63, 3.8) is 0 Å². The highest BCUT2D eigenvalue weighted by Crippen LogP contribution is 2.21. The first-order valence-electron chi connectivity index (χ1n) is 2.86. The van der Waals surface area contributed by atoms with Crippen molar-refractivity contribution in [2.75, 3.05) is 0 Å². The molecule has 0 amide bonds. The molecule has 0 aliphatic heterocycles. The van der Waals surface area contributed by atoms with Crippen molar-refractivity contribution in [1.29, 1.82) is 0 Å². The Kier molecular flexibility index (Phi) is 2.66. The van der Waals surface area contributed by atoms with Crippen LogP contribution in [0.2, 0.25) is 10.0 Å². The monoisotopic (exact) mass is 186 g/mol. The second-order valence-corrected chi connectivity index (χ2v) is 2.73. The van der Waals surface area contributed by atoms with E-state index < -0.39 is 0 Å². The molecule has 0 saturated carbocycles. The molecule has 0 saturated heterocycles. The summed E-state index contributed by atoms with van der Waals surface area (Å²) in [7, 11) is 0. The Hall–Kier alpha value is -0.820. The normalized spacial score (nSPS) is 8.91. The summed E-state index contributed by atoms with van der Waals surface area (Å²) >= 11 is 11.3.